The van der Waals surface area contributed by atoms with Crippen molar-refractivity contribution in [1.82, 2.24) is 4.31 Å². The van der Waals surface area contributed by atoms with Crippen LogP contribution in [-0.4, -0.2) is 38.9 Å². The molecule has 1 aliphatic rings. The van der Waals surface area contributed by atoms with E-state index in [0.29, 0.717) is 35.8 Å². The van der Waals surface area contributed by atoms with Gasteiger partial charge in [-0.3, -0.25) is 0 Å². The highest BCUT2D eigenvalue weighted by atomic mass is 35.5. The molecule has 0 bridgehead atoms. The fourth-order valence-corrected chi connectivity index (χ4v) is 5.09. The first kappa shape index (κ1) is 18.7. The van der Waals surface area contributed by atoms with Crippen LogP contribution in [0.2, 0.25) is 5.02 Å². The largest absolute Gasteiger partial charge is 0.370 e. The molecule has 1 aliphatic heterocycles. The zero-order valence-electron chi connectivity index (χ0n) is 14.5. The van der Waals surface area contributed by atoms with Crippen LogP contribution in [-0.2, 0) is 10.0 Å². The van der Waals surface area contributed by atoms with E-state index < -0.39 is 10.0 Å². The van der Waals surface area contributed by atoms with E-state index in [-0.39, 0.29) is 4.90 Å². The third-order valence-corrected chi connectivity index (χ3v) is 7.10. The van der Waals surface area contributed by atoms with Crippen LogP contribution < -0.4 is 4.90 Å². The standard InChI is InChI=1S/C19H20ClN3O2S/c1-15-18(20)4-2-5-19(15)26(24,25)23-11-3-10-22(12-13-23)17-8-6-16(14-21)7-9-17/h2,4-9H,3,10-13H2,1H3. The number of sulfonamides is 1. The summed E-state index contributed by atoms with van der Waals surface area (Å²) < 4.78 is 27.6. The molecule has 2 aromatic rings. The van der Waals surface area contributed by atoms with E-state index in [4.69, 9.17) is 16.9 Å². The Hall–Kier alpha value is -2.07. The predicted molar refractivity (Wildman–Crippen MR) is 103 cm³/mol. The van der Waals surface area contributed by atoms with Crippen molar-refractivity contribution in [2.24, 2.45) is 0 Å². The van der Waals surface area contributed by atoms with Crippen LogP contribution in [0.4, 0.5) is 5.69 Å². The molecule has 0 aromatic heterocycles. The number of hydrogen-bond acceptors (Lipinski definition) is 4. The van der Waals surface area contributed by atoms with Crippen LogP contribution in [0.15, 0.2) is 47.4 Å². The SMILES string of the molecule is Cc1c(Cl)cccc1S(=O)(=O)N1CCCN(c2ccc(C#N)cc2)CC1. The maximum atomic E-state index is 13.1. The van der Waals surface area contributed by atoms with Gasteiger partial charge in [-0.15, -0.1) is 0 Å². The molecule has 2 aromatic carbocycles. The molecule has 136 valence electrons. The average Bonchev–Trinajstić information content (AvgIpc) is 2.90. The molecular weight excluding hydrogens is 370 g/mol. The number of nitrogens with zero attached hydrogens (tertiary/aromatic N) is 3. The first-order valence-corrected chi connectivity index (χ1v) is 10.3. The maximum Gasteiger partial charge on any atom is 0.243 e. The Morgan fingerprint density at radius 3 is 2.46 bits per heavy atom. The van der Waals surface area contributed by atoms with Crippen molar-refractivity contribution < 1.29 is 8.42 Å². The van der Waals surface area contributed by atoms with Gasteiger partial charge in [0, 0.05) is 36.9 Å². The van der Waals surface area contributed by atoms with Gasteiger partial charge in [0.2, 0.25) is 10.0 Å². The molecule has 0 saturated carbocycles. The molecule has 0 atom stereocenters. The van der Waals surface area contributed by atoms with Crippen LogP contribution in [0.25, 0.3) is 0 Å². The minimum atomic E-state index is -3.58. The fraction of sp³-hybridized carbons (Fsp3) is 0.316. The molecule has 3 rings (SSSR count). The molecule has 1 heterocycles. The van der Waals surface area contributed by atoms with Crippen molar-refractivity contribution in [3.8, 4) is 6.07 Å². The van der Waals surface area contributed by atoms with Gasteiger partial charge in [-0.2, -0.15) is 9.57 Å². The van der Waals surface area contributed by atoms with Crippen molar-refractivity contribution in [3.63, 3.8) is 0 Å². The predicted octanol–water partition coefficient (Wildman–Crippen LogP) is 3.42. The van der Waals surface area contributed by atoms with E-state index >= 15 is 0 Å². The van der Waals surface area contributed by atoms with Gasteiger partial charge in [0.1, 0.15) is 0 Å². The Bertz CT molecular complexity index is 936. The number of rotatable bonds is 3. The van der Waals surface area contributed by atoms with Crippen LogP contribution in [0, 0.1) is 18.3 Å². The molecule has 26 heavy (non-hydrogen) atoms. The van der Waals surface area contributed by atoms with Crippen molar-refractivity contribution in [1.29, 1.82) is 5.26 Å². The van der Waals surface area contributed by atoms with Gasteiger partial charge in [-0.25, -0.2) is 8.42 Å². The van der Waals surface area contributed by atoms with Gasteiger partial charge < -0.3 is 4.90 Å². The number of benzene rings is 2. The lowest BCUT2D eigenvalue weighted by molar-refractivity contribution is 0.433. The Morgan fingerprint density at radius 1 is 1.04 bits per heavy atom. The topological polar surface area (TPSA) is 64.4 Å². The average molecular weight is 390 g/mol. The maximum absolute atomic E-state index is 13.1. The molecule has 1 saturated heterocycles. The van der Waals surface area contributed by atoms with Gasteiger partial charge in [-0.05, 0) is 55.3 Å². The third kappa shape index (κ3) is 3.70. The highest BCUT2D eigenvalue weighted by Gasteiger charge is 2.28. The Morgan fingerprint density at radius 2 is 1.77 bits per heavy atom. The highest BCUT2D eigenvalue weighted by Crippen LogP contribution is 2.27. The highest BCUT2D eigenvalue weighted by molar-refractivity contribution is 7.89. The monoisotopic (exact) mass is 389 g/mol. The van der Waals surface area contributed by atoms with Crippen LogP contribution in [0.5, 0.6) is 0 Å². The van der Waals surface area contributed by atoms with Crippen molar-refractivity contribution >= 4 is 27.3 Å². The summed E-state index contributed by atoms with van der Waals surface area (Å²) in [6.45, 7) is 3.99. The Balaban J connectivity index is 1.79. The first-order valence-electron chi connectivity index (χ1n) is 8.44. The Labute approximate surface area is 159 Å². The Kier molecular flexibility index (Phi) is 5.52. The summed E-state index contributed by atoms with van der Waals surface area (Å²) >= 11 is 6.10. The molecule has 7 heteroatoms. The third-order valence-electron chi connectivity index (χ3n) is 4.65. The lowest BCUT2D eigenvalue weighted by Crippen LogP contribution is -2.35. The molecule has 0 spiro atoms. The summed E-state index contributed by atoms with van der Waals surface area (Å²) in [7, 11) is -3.58. The molecule has 5 nitrogen and oxygen atoms in total. The van der Waals surface area contributed by atoms with E-state index in [1.807, 2.05) is 12.1 Å². The van der Waals surface area contributed by atoms with Gasteiger partial charge in [0.05, 0.1) is 16.5 Å². The summed E-state index contributed by atoms with van der Waals surface area (Å²) in [5.41, 5.74) is 2.20. The molecule has 1 fully saturated rings. The summed E-state index contributed by atoms with van der Waals surface area (Å²) in [5, 5.41) is 9.37. The molecule has 0 radical (unpaired) electrons. The van der Waals surface area contributed by atoms with Crippen molar-refractivity contribution in [3.05, 3.63) is 58.6 Å². The summed E-state index contributed by atoms with van der Waals surface area (Å²) in [6.07, 6.45) is 0.735. The van der Waals surface area contributed by atoms with E-state index in [9.17, 15) is 8.42 Å². The van der Waals surface area contributed by atoms with Gasteiger partial charge in [0.25, 0.3) is 0 Å². The molecule has 0 aliphatic carbocycles. The lowest BCUT2D eigenvalue weighted by Gasteiger charge is -2.24. The van der Waals surface area contributed by atoms with E-state index in [1.165, 1.54) is 4.31 Å². The number of hydrogen-bond donors (Lipinski definition) is 0. The molecular formula is C19H20ClN3O2S. The quantitative estimate of drug-likeness (QED) is 0.806. The van der Waals surface area contributed by atoms with Gasteiger partial charge in [0.15, 0.2) is 0 Å². The van der Waals surface area contributed by atoms with Crippen LogP contribution >= 0.6 is 11.6 Å². The van der Waals surface area contributed by atoms with Gasteiger partial charge in [-0.1, -0.05) is 17.7 Å². The smallest absolute Gasteiger partial charge is 0.243 e. The molecule has 0 amide bonds. The minimum absolute atomic E-state index is 0.275. The normalized spacial score (nSPS) is 16.1. The van der Waals surface area contributed by atoms with Crippen LogP contribution in [0.1, 0.15) is 17.5 Å². The summed E-state index contributed by atoms with van der Waals surface area (Å²) in [6, 6.07) is 14.5. The van der Waals surface area contributed by atoms with Gasteiger partial charge >= 0.3 is 0 Å². The van der Waals surface area contributed by atoms with Crippen LogP contribution in [0.3, 0.4) is 0 Å². The zero-order valence-corrected chi connectivity index (χ0v) is 16.1. The second-order valence-corrected chi connectivity index (χ2v) is 8.58. The zero-order chi connectivity index (χ0) is 18.7. The summed E-state index contributed by atoms with van der Waals surface area (Å²) in [4.78, 5) is 2.43. The first-order chi connectivity index (χ1) is 12.4. The number of nitriles is 1. The van der Waals surface area contributed by atoms with E-state index in [2.05, 4.69) is 11.0 Å². The summed E-state index contributed by atoms with van der Waals surface area (Å²) in [5.74, 6) is 0. The van der Waals surface area contributed by atoms with Crippen molar-refractivity contribution in [2.45, 2.75) is 18.2 Å². The lowest BCUT2D eigenvalue weighted by atomic mass is 10.2. The minimum Gasteiger partial charge on any atom is -0.370 e. The second kappa shape index (κ2) is 7.67. The van der Waals surface area contributed by atoms with Crippen molar-refractivity contribution in [2.75, 3.05) is 31.1 Å². The molecule has 0 unspecified atom stereocenters. The van der Waals surface area contributed by atoms with E-state index in [0.717, 1.165) is 18.7 Å². The number of halogens is 1. The number of anilines is 1. The second-order valence-electron chi connectivity index (χ2n) is 6.27. The molecule has 0 N–H and O–H groups in total. The fourth-order valence-electron chi connectivity index (χ4n) is 3.15. The van der Waals surface area contributed by atoms with E-state index in [1.54, 1.807) is 37.3 Å².